The predicted octanol–water partition coefficient (Wildman–Crippen LogP) is 3.01. The first-order valence-corrected chi connectivity index (χ1v) is 4.54. The third kappa shape index (κ3) is 2.24. The van der Waals surface area contributed by atoms with E-state index in [0.29, 0.717) is 12.1 Å². The first-order valence-electron chi connectivity index (χ1n) is 4.54. The molecule has 1 aromatic carbocycles. The van der Waals surface area contributed by atoms with Crippen LogP contribution in [0.4, 0.5) is 26.3 Å². The summed E-state index contributed by atoms with van der Waals surface area (Å²) in [4.78, 5) is 0. The molecule has 0 heterocycles. The lowest BCUT2D eigenvalue weighted by Crippen LogP contribution is -2.53. The summed E-state index contributed by atoms with van der Waals surface area (Å²) in [5, 5.41) is 8.39. The molecule has 1 rings (SSSR count). The molecule has 0 aliphatic carbocycles. The second-order valence-electron chi connectivity index (χ2n) is 3.42. The van der Waals surface area contributed by atoms with E-state index in [2.05, 4.69) is 4.74 Å². The Morgan fingerprint density at radius 1 is 0.944 bits per heavy atom. The largest absolute Gasteiger partial charge is 0.497 e. The van der Waals surface area contributed by atoms with Gasteiger partial charge in [0.1, 0.15) is 5.75 Å². The van der Waals surface area contributed by atoms with E-state index < -0.39 is 23.5 Å². The summed E-state index contributed by atoms with van der Waals surface area (Å²) in [6.07, 6.45) is -6.11. The molecule has 1 atom stereocenters. The average Bonchev–Trinajstić information content (AvgIpc) is 2.27. The van der Waals surface area contributed by atoms with Crippen molar-refractivity contribution in [2.75, 3.05) is 7.11 Å². The molecule has 1 unspecified atom stereocenters. The number of hydrogen-bond donors (Lipinski definition) is 1. The molecule has 0 aliphatic rings. The van der Waals surface area contributed by atoms with Crippen LogP contribution in [0.2, 0.25) is 0 Å². The smallest absolute Gasteiger partial charge is 0.455 e. The van der Waals surface area contributed by atoms with Gasteiger partial charge in [-0.15, -0.1) is 0 Å². The molecule has 18 heavy (non-hydrogen) atoms. The van der Waals surface area contributed by atoms with Crippen LogP contribution in [0.15, 0.2) is 24.3 Å². The van der Waals surface area contributed by atoms with Crippen LogP contribution in [0.3, 0.4) is 0 Å². The highest BCUT2D eigenvalue weighted by atomic mass is 19.4. The van der Waals surface area contributed by atoms with E-state index in [0.717, 1.165) is 12.1 Å². The predicted molar refractivity (Wildman–Crippen MR) is 49.0 cm³/mol. The van der Waals surface area contributed by atoms with Gasteiger partial charge in [0.15, 0.2) is 0 Å². The Labute approximate surface area is 97.8 Å². The van der Waals surface area contributed by atoms with Gasteiger partial charge >= 0.3 is 18.0 Å². The second-order valence-corrected chi connectivity index (χ2v) is 3.42. The van der Waals surface area contributed by atoms with Crippen LogP contribution in [-0.2, 0) is 5.92 Å². The molecule has 0 spiro atoms. The number of methoxy groups -OCH3 is 1. The molecule has 2 nitrogen and oxygen atoms in total. The molecule has 1 N–H and O–H groups in total. The zero-order valence-corrected chi connectivity index (χ0v) is 8.93. The van der Waals surface area contributed by atoms with Crippen LogP contribution < -0.4 is 4.74 Å². The van der Waals surface area contributed by atoms with Crippen molar-refractivity contribution >= 4 is 0 Å². The SMILES string of the molecule is COc1ccc(C(F)(F)C(O)(F)C(F)(F)F)cc1. The molecule has 102 valence electrons. The lowest BCUT2D eigenvalue weighted by Gasteiger charge is -2.30. The van der Waals surface area contributed by atoms with Gasteiger partial charge in [-0.3, -0.25) is 0 Å². The maximum absolute atomic E-state index is 13.3. The highest BCUT2D eigenvalue weighted by Crippen LogP contribution is 2.49. The molecule has 0 radical (unpaired) electrons. The van der Waals surface area contributed by atoms with Crippen LogP contribution in [0, 0.1) is 0 Å². The van der Waals surface area contributed by atoms with Crippen LogP contribution in [0.5, 0.6) is 5.75 Å². The van der Waals surface area contributed by atoms with Gasteiger partial charge in [0.2, 0.25) is 0 Å². The van der Waals surface area contributed by atoms with Crippen molar-refractivity contribution < 1.29 is 36.2 Å². The van der Waals surface area contributed by atoms with Crippen molar-refractivity contribution in [2.24, 2.45) is 0 Å². The van der Waals surface area contributed by atoms with Crippen molar-refractivity contribution in [1.29, 1.82) is 0 Å². The zero-order chi connectivity index (χ0) is 14.2. The molecule has 0 saturated carbocycles. The number of rotatable bonds is 3. The van der Waals surface area contributed by atoms with Gasteiger partial charge < -0.3 is 9.84 Å². The minimum absolute atomic E-state index is 0.101. The zero-order valence-electron chi connectivity index (χ0n) is 8.93. The number of aliphatic hydroxyl groups is 1. The van der Waals surface area contributed by atoms with Crippen molar-refractivity contribution in [2.45, 2.75) is 18.0 Å². The topological polar surface area (TPSA) is 29.5 Å². The number of alkyl halides is 6. The van der Waals surface area contributed by atoms with Crippen molar-refractivity contribution in [3.63, 3.8) is 0 Å². The molecule has 8 heteroatoms. The second kappa shape index (κ2) is 4.34. The van der Waals surface area contributed by atoms with E-state index in [1.165, 1.54) is 7.11 Å². The summed E-state index contributed by atoms with van der Waals surface area (Å²) in [7, 11) is 1.22. The molecule has 0 fully saturated rings. The molecule has 1 aromatic rings. The van der Waals surface area contributed by atoms with Gasteiger partial charge in [-0.1, -0.05) is 0 Å². The number of hydrogen-bond acceptors (Lipinski definition) is 2. The Balaban J connectivity index is 3.19. The molecule has 0 bridgehead atoms. The first kappa shape index (κ1) is 14.6. The van der Waals surface area contributed by atoms with E-state index in [1.54, 1.807) is 0 Å². The van der Waals surface area contributed by atoms with Crippen molar-refractivity contribution in [3.05, 3.63) is 29.8 Å². The van der Waals surface area contributed by atoms with Gasteiger partial charge in [0.05, 0.1) is 7.11 Å². The van der Waals surface area contributed by atoms with Gasteiger partial charge in [-0.25, -0.2) is 0 Å². The molecule has 0 saturated heterocycles. The monoisotopic (exact) mass is 274 g/mol. The van der Waals surface area contributed by atoms with Crippen molar-refractivity contribution in [3.8, 4) is 5.75 Å². The minimum Gasteiger partial charge on any atom is -0.497 e. The van der Waals surface area contributed by atoms with Crippen molar-refractivity contribution in [1.82, 2.24) is 0 Å². The number of ether oxygens (including phenoxy) is 1. The van der Waals surface area contributed by atoms with Gasteiger partial charge in [0.25, 0.3) is 0 Å². The Morgan fingerprint density at radius 2 is 1.39 bits per heavy atom. The highest BCUT2D eigenvalue weighted by molar-refractivity contribution is 5.31. The van der Waals surface area contributed by atoms with Crippen LogP contribution in [-0.4, -0.2) is 24.2 Å². The Hall–Kier alpha value is -1.44. The molecule has 0 amide bonds. The fraction of sp³-hybridized carbons (Fsp3) is 0.400. The summed E-state index contributed by atoms with van der Waals surface area (Å²) in [6, 6.07) is 2.93. The Morgan fingerprint density at radius 3 is 1.72 bits per heavy atom. The summed E-state index contributed by atoms with van der Waals surface area (Å²) in [6.45, 7) is 0. The van der Waals surface area contributed by atoms with E-state index in [4.69, 9.17) is 5.11 Å². The van der Waals surface area contributed by atoms with Gasteiger partial charge in [-0.05, 0) is 24.3 Å². The maximum atomic E-state index is 13.3. The summed E-state index contributed by atoms with van der Waals surface area (Å²) >= 11 is 0. The van der Waals surface area contributed by atoms with Crippen LogP contribution >= 0.6 is 0 Å². The normalized spacial score (nSPS) is 16.2. The quantitative estimate of drug-likeness (QED) is 0.858. The minimum atomic E-state index is -6.11. The standard InChI is InChI=1S/C10H8F6O2/c1-18-7-4-2-6(3-5-7)8(11,12)9(13,17)10(14,15)16/h2-5,17H,1H3. The summed E-state index contributed by atoms with van der Waals surface area (Å²) in [5.41, 5.74) is -1.31. The molecule has 0 aromatic heterocycles. The highest BCUT2D eigenvalue weighted by Gasteiger charge is 2.71. The first-order chi connectivity index (χ1) is 8.04. The lowest BCUT2D eigenvalue weighted by atomic mass is 10.0. The fourth-order valence-corrected chi connectivity index (χ4v) is 1.17. The van der Waals surface area contributed by atoms with E-state index >= 15 is 0 Å². The third-order valence-electron chi connectivity index (χ3n) is 2.24. The van der Waals surface area contributed by atoms with Gasteiger partial charge in [-0.2, -0.15) is 26.3 Å². The van der Waals surface area contributed by atoms with Gasteiger partial charge in [0, 0.05) is 5.56 Å². The number of benzene rings is 1. The van der Waals surface area contributed by atoms with E-state index in [-0.39, 0.29) is 5.75 Å². The average molecular weight is 274 g/mol. The Kier molecular flexibility index (Phi) is 3.53. The summed E-state index contributed by atoms with van der Waals surface area (Å²) < 4.78 is 80.2. The fourth-order valence-electron chi connectivity index (χ4n) is 1.17. The molecule has 0 aliphatic heterocycles. The maximum Gasteiger partial charge on any atom is 0.455 e. The third-order valence-corrected chi connectivity index (χ3v) is 2.24. The molecular formula is C10H8F6O2. The van der Waals surface area contributed by atoms with E-state index in [9.17, 15) is 26.3 Å². The molecular weight excluding hydrogens is 266 g/mol. The van der Waals surface area contributed by atoms with Crippen LogP contribution in [0.25, 0.3) is 0 Å². The number of halogens is 6. The van der Waals surface area contributed by atoms with E-state index in [1.807, 2.05) is 0 Å². The summed E-state index contributed by atoms with van der Waals surface area (Å²) in [5.74, 6) is -10.7. The van der Waals surface area contributed by atoms with Crippen LogP contribution in [0.1, 0.15) is 5.56 Å². The Bertz CT molecular complexity index is 409. The lowest BCUT2D eigenvalue weighted by molar-refractivity contribution is -0.390.